The maximum Gasteiger partial charge on any atom is 0.0759 e. The van der Waals surface area contributed by atoms with Crippen LogP contribution >= 0.6 is 0 Å². The lowest BCUT2D eigenvalue weighted by atomic mass is 10.00. The first-order valence-electron chi connectivity index (χ1n) is 8.66. The molecule has 2 aromatic heterocycles. The Morgan fingerprint density at radius 1 is 1.00 bits per heavy atom. The zero-order valence-electron chi connectivity index (χ0n) is 14.1. The Balaban J connectivity index is 1.74. The van der Waals surface area contributed by atoms with Gasteiger partial charge in [0.2, 0.25) is 0 Å². The van der Waals surface area contributed by atoms with Gasteiger partial charge in [-0.05, 0) is 48.7 Å². The highest BCUT2D eigenvalue weighted by molar-refractivity contribution is 5.32. The third-order valence-electron chi connectivity index (χ3n) is 4.88. The third kappa shape index (κ3) is 3.00. The molecule has 1 aliphatic rings. The molecule has 0 bridgehead atoms. The van der Waals surface area contributed by atoms with E-state index in [0.29, 0.717) is 6.04 Å². The van der Waals surface area contributed by atoms with E-state index in [1.54, 1.807) is 0 Å². The van der Waals surface area contributed by atoms with Gasteiger partial charge in [-0.3, -0.25) is 9.88 Å². The van der Waals surface area contributed by atoms with Crippen molar-refractivity contribution >= 4 is 0 Å². The second-order valence-corrected chi connectivity index (χ2v) is 6.62. The third-order valence-corrected chi connectivity index (χ3v) is 4.88. The predicted molar refractivity (Wildman–Crippen MR) is 96.7 cm³/mol. The SMILES string of the molecule is Cc1ccc([C@H]2c3cccn3CCCN2Cc2ccncc2)cc1. The molecule has 0 unspecified atom stereocenters. The van der Waals surface area contributed by atoms with E-state index in [-0.39, 0.29) is 0 Å². The lowest BCUT2D eigenvalue weighted by molar-refractivity contribution is 0.220. The Hall–Kier alpha value is -2.39. The fraction of sp³-hybridized carbons (Fsp3) is 0.286. The summed E-state index contributed by atoms with van der Waals surface area (Å²) in [6, 6.07) is 18.0. The Morgan fingerprint density at radius 2 is 1.79 bits per heavy atom. The summed E-state index contributed by atoms with van der Waals surface area (Å²) in [5, 5.41) is 0. The van der Waals surface area contributed by atoms with E-state index >= 15 is 0 Å². The van der Waals surface area contributed by atoms with Crippen molar-refractivity contribution in [3.05, 3.63) is 89.5 Å². The Kier molecular flexibility index (Phi) is 4.18. The highest BCUT2D eigenvalue weighted by Gasteiger charge is 2.27. The summed E-state index contributed by atoms with van der Waals surface area (Å²) < 4.78 is 2.41. The first-order valence-corrected chi connectivity index (χ1v) is 8.66. The van der Waals surface area contributed by atoms with Gasteiger partial charge in [-0.25, -0.2) is 0 Å². The molecule has 0 saturated carbocycles. The smallest absolute Gasteiger partial charge is 0.0759 e. The summed E-state index contributed by atoms with van der Waals surface area (Å²) in [7, 11) is 0. The number of pyridine rings is 1. The second-order valence-electron chi connectivity index (χ2n) is 6.62. The highest BCUT2D eigenvalue weighted by Crippen LogP contribution is 2.33. The van der Waals surface area contributed by atoms with Gasteiger partial charge in [0.05, 0.1) is 6.04 Å². The van der Waals surface area contributed by atoms with Gasteiger partial charge < -0.3 is 4.57 Å². The summed E-state index contributed by atoms with van der Waals surface area (Å²) in [5.41, 5.74) is 5.40. The summed E-state index contributed by atoms with van der Waals surface area (Å²) in [5.74, 6) is 0. The molecule has 3 nitrogen and oxygen atoms in total. The van der Waals surface area contributed by atoms with Crippen LogP contribution in [0.4, 0.5) is 0 Å². The molecule has 3 heterocycles. The van der Waals surface area contributed by atoms with Gasteiger partial charge in [0.15, 0.2) is 0 Å². The Labute approximate surface area is 143 Å². The molecule has 4 rings (SSSR count). The van der Waals surface area contributed by atoms with E-state index in [0.717, 1.165) is 19.6 Å². The Morgan fingerprint density at radius 3 is 2.58 bits per heavy atom. The summed E-state index contributed by atoms with van der Waals surface area (Å²) in [6.07, 6.45) is 7.16. The van der Waals surface area contributed by atoms with Gasteiger partial charge in [0.25, 0.3) is 0 Å². The number of nitrogens with zero attached hydrogens (tertiary/aromatic N) is 3. The molecule has 0 amide bonds. The molecule has 0 spiro atoms. The molecule has 1 aliphatic heterocycles. The number of aryl methyl sites for hydroxylation is 2. The highest BCUT2D eigenvalue weighted by atomic mass is 15.2. The standard InChI is InChI=1S/C21H23N3/c1-17-5-7-19(8-6-17)21-20-4-2-13-23(20)14-3-15-24(21)16-18-9-11-22-12-10-18/h2,4-13,21H,3,14-16H2,1H3/t21-/m0/s1. The van der Waals surface area contributed by atoms with Crippen LogP contribution in [-0.4, -0.2) is 21.0 Å². The van der Waals surface area contributed by atoms with Gasteiger partial charge in [-0.1, -0.05) is 29.8 Å². The minimum Gasteiger partial charge on any atom is -0.350 e. The summed E-state index contributed by atoms with van der Waals surface area (Å²) in [6.45, 7) is 5.29. The lowest BCUT2D eigenvalue weighted by Crippen LogP contribution is -2.29. The molecule has 24 heavy (non-hydrogen) atoms. The van der Waals surface area contributed by atoms with E-state index in [4.69, 9.17) is 0 Å². The Bertz CT molecular complexity index is 789. The average Bonchev–Trinajstić information content (AvgIpc) is 2.99. The largest absolute Gasteiger partial charge is 0.350 e. The van der Waals surface area contributed by atoms with Gasteiger partial charge in [-0.15, -0.1) is 0 Å². The number of aromatic nitrogens is 2. The van der Waals surface area contributed by atoms with Crippen LogP contribution in [-0.2, 0) is 13.1 Å². The van der Waals surface area contributed by atoms with E-state index in [1.807, 2.05) is 12.4 Å². The molecule has 0 fully saturated rings. The maximum absolute atomic E-state index is 4.15. The number of rotatable bonds is 3. The minimum atomic E-state index is 0.302. The molecule has 3 heteroatoms. The van der Waals surface area contributed by atoms with E-state index < -0.39 is 0 Å². The normalized spacial score (nSPS) is 18.1. The number of fused-ring (bicyclic) bond motifs is 1. The van der Waals surface area contributed by atoms with Crippen LogP contribution in [0.5, 0.6) is 0 Å². The molecule has 0 radical (unpaired) electrons. The number of hydrogen-bond donors (Lipinski definition) is 0. The quantitative estimate of drug-likeness (QED) is 0.722. The topological polar surface area (TPSA) is 21.1 Å². The number of hydrogen-bond acceptors (Lipinski definition) is 2. The van der Waals surface area contributed by atoms with Gasteiger partial charge >= 0.3 is 0 Å². The zero-order chi connectivity index (χ0) is 16.4. The summed E-state index contributed by atoms with van der Waals surface area (Å²) in [4.78, 5) is 6.74. The fourth-order valence-corrected chi connectivity index (χ4v) is 3.66. The van der Waals surface area contributed by atoms with Crippen LogP contribution in [0.25, 0.3) is 0 Å². The zero-order valence-corrected chi connectivity index (χ0v) is 14.1. The fourth-order valence-electron chi connectivity index (χ4n) is 3.66. The van der Waals surface area contributed by atoms with Crippen LogP contribution in [0.3, 0.4) is 0 Å². The molecular formula is C21H23N3. The molecule has 0 saturated heterocycles. The van der Waals surface area contributed by atoms with Gasteiger partial charge in [-0.2, -0.15) is 0 Å². The van der Waals surface area contributed by atoms with Crippen molar-refractivity contribution in [3.63, 3.8) is 0 Å². The molecule has 0 aliphatic carbocycles. The monoisotopic (exact) mass is 317 g/mol. The predicted octanol–water partition coefficient (Wildman–Crippen LogP) is 4.19. The van der Waals surface area contributed by atoms with Crippen LogP contribution in [0.2, 0.25) is 0 Å². The van der Waals surface area contributed by atoms with Crippen molar-refractivity contribution < 1.29 is 0 Å². The van der Waals surface area contributed by atoms with Crippen molar-refractivity contribution in [2.45, 2.75) is 32.5 Å². The van der Waals surface area contributed by atoms with Gasteiger partial charge in [0, 0.05) is 43.9 Å². The number of benzene rings is 1. The van der Waals surface area contributed by atoms with E-state index in [2.05, 4.69) is 76.1 Å². The molecule has 122 valence electrons. The minimum absolute atomic E-state index is 0.302. The first-order chi connectivity index (χ1) is 11.8. The first kappa shape index (κ1) is 15.2. The van der Waals surface area contributed by atoms with Crippen molar-refractivity contribution in [1.29, 1.82) is 0 Å². The summed E-state index contributed by atoms with van der Waals surface area (Å²) >= 11 is 0. The second kappa shape index (κ2) is 6.62. The van der Waals surface area contributed by atoms with Crippen molar-refractivity contribution in [2.75, 3.05) is 6.54 Å². The van der Waals surface area contributed by atoms with E-state index in [9.17, 15) is 0 Å². The van der Waals surface area contributed by atoms with Crippen molar-refractivity contribution in [3.8, 4) is 0 Å². The maximum atomic E-state index is 4.15. The van der Waals surface area contributed by atoms with E-state index in [1.165, 1.54) is 28.8 Å². The van der Waals surface area contributed by atoms with Crippen molar-refractivity contribution in [1.82, 2.24) is 14.5 Å². The van der Waals surface area contributed by atoms with Crippen LogP contribution < -0.4 is 0 Å². The molecule has 0 N–H and O–H groups in total. The van der Waals surface area contributed by atoms with Crippen molar-refractivity contribution in [2.24, 2.45) is 0 Å². The molecular weight excluding hydrogens is 294 g/mol. The van der Waals surface area contributed by atoms with Crippen LogP contribution in [0, 0.1) is 6.92 Å². The molecule has 1 aromatic carbocycles. The molecule has 1 atom stereocenters. The average molecular weight is 317 g/mol. The molecule has 3 aromatic rings. The van der Waals surface area contributed by atoms with Crippen LogP contribution in [0.1, 0.15) is 34.8 Å². The lowest BCUT2D eigenvalue weighted by Gasteiger charge is -2.30. The van der Waals surface area contributed by atoms with Gasteiger partial charge in [0.1, 0.15) is 0 Å². The van der Waals surface area contributed by atoms with Crippen LogP contribution in [0.15, 0.2) is 67.1 Å².